The highest BCUT2D eigenvalue weighted by Gasteiger charge is 2.09. The number of amides is 1. The number of carbonyl (C=O) groups is 1. The van der Waals surface area contributed by atoms with E-state index in [1.165, 1.54) is 6.07 Å². The fraction of sp³-hybridized carbons (Fsp3) is 0.0769. The Morgan fingerprint density at radius 2 is 2.11 bits per heavy atom. The summed E-state index contributed by atoms with van der Waals surface area (Å²) >= 11 is 1.86. The Morgan fingerprint density at radius 1 is 1.28 bits per heavy atom. The second-order valence-corrected chi connectivity index (χ2v) is 4.73. The third-order valence-corrected chi connectivity index (χ3v) is 3.39. The number of pyridine rings is 1. The maximum atomic E-state index is 13.3. The van der Waals surface area contributed by atoms with E-state index in [2.05, 4.69) is 10.3 Å². The highest BCUT2D eigenvalue weighted by Crippen LogP contribution is 2.20. The van der Waals surface area contributed by atoms with Gasteiger partial charge in [-0.15, -0.1) is 0 Å². The summed E-state index contributed by atoms with van der Waals surface area (Å²) < 4.78 is 13.7. The van der Waals surface area contributed by atoms with E-state index in [1.54, 1.807) is 30.5 Å². The van der Waals surface area contributed by atoms with E-state index in [9.17, 15) is 9.18 Å². The van der Waals surface area contributed by atoms with Gasteiger partial charge in [0.05, 0.1) is 15.7 Å². The maximum Gasteiger partial charge on any atom is 0.230 e. The molecule has 2 rings (SSSR count). The van der Waals surface area contributed by atoms with Gasteiger partial charge in [0.2, 0.25) is 5.91 Å². The number of hydrogen-bond acceptors (Lipinski definition) is 2. The van der Waals surface area contributed by atoms with Crippen LogP contribution in [-0.2, 0) is 11.2 Å². The summed E-state index contributed by atoms with van der Waals surface area (Å²) in [5.74, 6) is -0.552. The molecule has 3 nitrogen and oxygen atoms in total. The van der Waals surface area contributed by atoms with E-state index >= 15 is 0 Å². The average Bonchev–Trinajstić information content (AvgIpc) is 2.36. The first-order chi connectivity index (χ1) is 8.66. The number of aromatic nitrogens is 1. The van der Waals surface area contributed by atoms with Crippen molar-refractivity contribution in [1.82, 2.24) is 4.98 Å². The van der Waals surface area contributed by atoms with Gasteiger partial charge in [0.1, 0.15) is 5.82 Å². The Hall–Kier alpha value is -1.50. The van der Waals surface area contributed by atoms with Gasteiger partial charge < -0.3 is 5.32 Å². The molecule has 92 valence electrons. The number of nitrogens with one attached hydrogen (secondary N) is 1. The van der Waals surface area contributed by atoms with Crippen LogP contribution in [0.4, 0.5) is 10.1 Å². The molecule has 0 fully saturated rings. The Balaban J connectivity index is 2.06. The lowest BCUT2D eigenvalue weighted by Crippen LogP contribution is -2.16. The van der Waals surface area contributed by atoms with Gasteiger partial charge in [-0.1, -0.05) is 12.1 Å². The Morgan fingerprint density at radius 3 is 2.83 bits per heavy atom. The van der Waals surface area contributed by atoms with Crippen LogP contribution in [0, 0.1) is 9.39 Å². The van der Waals surface area contributed by atoms with Crippen molar-refractivity contribution in [2.75, 3.05) is 5.32 Å². The predicted molar refractivity (Wildman–Crippen MR) is 75.7 cm³/mol. The summed E-state index contributed by atoms with van der Waals surface area (Å²) in [6.45, 7) is 0. The number of rotatable bonds is 3. The molecule has 0 aliphatic rings. The summed E-state index contributed by atoms with van der Waals surface area (Å²) in [5, 5.41) is 2.67. The summed E-state index contributed by atoms with van der Waals surface area (Å²) in [6, 6.07) is 9.97. The van der Waals surface area contributed by atoms with Crippen molar-refractivity contribution in [3.63, 3.8) is 0 Å². The van der Waals surface area contributed by atoms with Crippen molar-refractivity contribution < 1.29 is 9.18 Å². The molecule has 5 heteroatoms. The first-order valence-electron chi connectivity index (χ1n) is 5.30. The van der Waals surface area contributed by atoms with Crippen LogP contribution in [0.2, 0.25) is 0 Å². The van der Waals surface area contributed by atoms with Crippen molar-refractivity contribution in [3.8, 4) is 0 Å². The molecule has 0 spiro atoms. The number of hydrogen-bond donors (Lipinski definition) is 1. The third kappa shape index (κ3) is 3.25. The van der Waals surface area contributed by atoms with E-state index in [1.807, 2.05) is 28.7 Å². The topological polar surface area (TPSA) is 42.0 Å². The van der Waals surface area contributed by atoms with Crippen molar-refractivity contribution in [2.24, 2.45) is 0 Å². The lowest BCUT2D eigenvalue weighted by Gasteiger charge is -2.07. The van der Waals surface area contributed by atoms with Crippen LogP contribution in [0.15, 0.2) is 42.6 Å². The normalized spacial score (nSPS) is 10.1. The molecule has 1 aromatic heterocycles. The minimum absolute atomic E-state index is 0.174. The van der Waals surface area contributed by atoms with Crippen LogP contribution in [0.5, 0.6) is 0 Å². The Labute approximate surface area is 118 Å². The van der Waals surface area contributed by atoms with E-state index in [0.717, 1.165) is 0 Å². The standard InChI is InChI=1S/C13H10FIN2O/c14-10-5-3-6-11(13(10)15)17-12(18)8-9-4-1-2-7-16-9/h1-7H,8H2,(H,17,18). The molecule has 1 N–H and O–H groups in total. The van der Waals surface area contributed by atoms with E-state index in [4.69, 9.17) is 0 Å². The minimum atomic E-state index is -0.341. The molecule has 18 heavy (non-hydrogen) atoms. The zero-order chi connectivity index (χ0) is 13.0. The molecule has 0 saturated heterocycles. The van der Waals surface area contributed by atoms with Crippen molar-refractivity contribution in [3.05, 3.63) is 57.7 Å². The first-order valence-corrected chi connectivity index (χ1v) is 6.38. The second kappa shape index (κ2) is 5.90. The van der Waals surface area contributed by atoms with Crippen LogP contribution in [-0.4, -0.2) is 10.9 Å². The third-order valence-electron chi connectivity index (χ3n) is 2.29. The molecule has 0 atom stereocenters. The van der Waals surface area contributed by atoms with Gasteiger partial charge in [-0.25, -0.2) is 4.39 Å². The molecule has 0 aliphatic heterocycles. The summed E-state index contributed by atoms with van der Waals surface area (Å²) in [6.07, 6.45) is 1.81. The molecular formula is C13H10FIN2O. The Kier molecular flexibility index (Phi) is 4.24. The second-order valence-electron chi connectivity index (χ2n) is 3.65. The molecule has 1 amide bonds. The molecule has 0 bridgehead atoms. The SMILES string of the molecule is O=C(Cc1ccccn1)Nc1cccc(F)c1I. The van der Waals surface area contributed by atoms with Crippen molar-refractivity contribution in [2.45, 2.75) is 6.42 Å². The van der Waals surface area contributed by atoms with Gasteiger partial charge in [0.15, 0.2) is 0 Å². The molecule has 1 aromatic carbocycles. The van der Waals surface area contributed by atoms with Gasteiger partial charge in [0.25, 0.3) is 0 Å². The molecule has 0 radical (unpaired) electrons. The van der Waals surface area contributed by atoms with Gasteiger partial charge in [0, 0.05) is 11.9 Å². The van der Waals surface area contributed by atoms with Gasteiger partial charge in [-0.3, -0.25) is 9.78 Å². The molecular weight excluding hydrogens is 346 g/mol. The minimum Gasteiger partial charge on any atom is -0.325 e. The van der Waals surface area contributed by atoms with E-state index < -0.39 is 0 Å². The van der Waals surface area contributed by atoms with Gasteiger partial charge >= 0.3 is 0 Å². The number of carbonyl (C=O) groups excluding carboxylic acids is 1. The highest BCUT2D eigenvalue weighted by atomic mass is 127. The smallest absolute Gasteiger partial charge is 0.230 e. The average molecular weight is 356 g/mol. The van der Waals surface area contributed by atoms with Crippen LogP contribution >= 0.6 is 22.6 Å². The zero-order valence-corrected chi connectivity index (χ0v) is 11.5. The molecule has 0 unspecified atom stereocenters. The predicted octanol–water partition coefficient (Wildman–Crippen LogP) is 3.01. The number of anilines is 1. The number of halogens is 2. The van der Waals surface area contributed by atoms with Crippen molar-refractivity contribution >= 4 is 34.2 Å². The lowest BCUT2D eigenvalue weighted by molar-refractivity contribution is -0.115. The lowest BCUT2D eigenvalue weighted by atomic mass is 10.2. The summed E-state index contributed by atoms with van der Waals surface area (Å²) in [7, 11) is 0. The summed E-state index contributed by atoms with van der Waals surface area (Å²) in [5.41, 5.74) is 1.16. The summed E-state index contributed by atoms with van der Waals surface area (Å²) in [4.78, 5) is 15.8. The van der Waals surface area contributed by atoms with Crippen LogP contribution in [0.1, 0.15) is 5.69 Å². The fourth-order valence-electron chi connectivity index (χ4n) is 1.46. The molecule has 0 aliphatic carbocycles. The molecule has 2 aromatic rings. The number of benzene rings is 1. The van der Waals surface area contributed by atoms with Gasteiger partial charge in [-0.05, 0) is 46.9 Å². The van der Waals surface area contributed by atoms with Crippen LogP contribution in [0.3, 0.4) is 0 Å². The van der Waals surface area contributed by atoms with Crippen LogP contribution < -0.4 is 5.32 Å². The number of nitrogens with zero attached hydrogens (tertiary/aromatic N) is 1. The quantitative estimate of drug-likeness (QED) is 0.860. The largest absolute Gasteiger partial charge is 0.325 e. The van der Waals surface area contributed by atoms with Gasteiger partial charge in [-0.2, -0.15) is 0 Å². The highest BCUT2D eigenvalue weighted by molar-refractivity contribution is 14.1. The zero-order valence-electron chi connectivity index (χ0n) is 9.36. The fourth-order valence-corrected chi connectivity index (χ4v) is 1.96. The molecule has 1 heterocycles. The van der Waals surface area contributed by atoms with Crippen LogP contribution in [0.25, 0.3) is 0 Å². The van der Waals surface area contributed by atoms with Crippen molar-refractivity contribution in [1.29, 1.82) is 0 Å². The first kappa shape index (κ1) is 12.9. The maximum absolute atomic E-state index is 13.3. The monoisotopic (exact) mass is 356 g/mol. The molecule has 0 saturated carbocycles. The Bertz CT molecular complexity index is 560. The van der Waals surface area contributed by atoms with E-state index in [0.29, 0.717) is 15.0 Å². The van der Waals surface area contributed by atoms with E-state index in [-0.39, 0.29) is 18.1 Å².